The third-order valence-corrected chi connectivity index (χ3v) is 4.90. The second kappa shape index (κ2) is 6.90. The second-order valence-corrected chi connectivity index (χ2v) is 6.83. The zero-order chi connectivity index (χ0) is 19.0. The minimum absolute atomic E-state index is 0.0831. The standard InChI is InChI=1S/C19H22N2O5/c1-3-4-9-20-17(23)14-8-5-12(10-15(14)18(20)24)16(22)21(13-6-7-13)11(2)19(25)26/h5,8,10-11,13H,3-4,6-7,9H2,1-2H3,(H,25,26). The Labute approximate surface area is 151 Å². The number of carbonyl (C=O) groups excluding carboxylic acids is 3. The predicted octanol–water partition coefficient (Wildman–Crippen LogP) is 2.16. The molecule has 0 bridgehead atoms. The smallest absolute Gasteiger partial charge is 0.326 e. The van der Waals surface area contributed by atoms with Crippen LogP contribution in [0.5, 0.6) is 0 Å². The normalized spacial score (nSPS) is 17.2. The van der Waals surface area contributed by atoms with Crippen LogP contribution in [-0.4, -0.2) is 57.2 Å². The van der Waals surface area contributed by atoms with Crippen LogP contribution in [-0.2, 0) is 4.79 Å². The van der Waals surface area contributed by atoms with Crippen molar-refractivity contribution in [2.75, 3.05) is 6.54 Å². The Bertz CT molecular complexity index is 784. The molecule has 138 valence electrons. The van der Waals surface area contributed by atoms with Gasteiger partial charge in [-0.3, -0.25) is 19.3 Å². The van der Waals surface area contributed by atoms with Gasteiger partial charge in [0.15, 0.2) is 0 Å². The van der Waals surface area contributed by atoms with Crippen molar-refractivity contribution in [3.8, 4) is 0 Å². The SMILES string of the molecule is CCCCN1C(=O)c2ccc(C(=O)N(C3CC3)C(C)C(=O)O)cc2C1=O. The number of aliphatic carboxylic acids is 1. The molecule has 1 aliphatic heterocycles. The van der Waals surface area contributed by atoms with Crippen LogP contribution in [0.1, 0.15) is 70.6 Å². The molecular formula is C19H22N2O5. The van der Waals surface area contributed by atoms with Crippen LogP contribution >= 0.6 is 0 Å². The van der Waals surface area contributed by atoms with Crippen LogP contribution in [0, 0.1) is 0 Å². The summed E-state index contributed by atoms with van der Waals surface area (Å²) >= 11 is 0. The van der Waals surface area contributed by atoms with Gasteiger partial charge in [-0.2, -0.15) is 0 Å². The van der Waals surface area contributed by atoms with E-state index in [1.54, 1.807) is 0 Å². The lowest BCUT2D eigenvalue weighted by atomic mass is 10.0. The average molecular weight is 358 g/mol. The molecule has 1 aliphatic carbocycles. The topological polar surface area (TPSA) is 95.0 Å². The predicted molar refractivity (Wildman–Crippen MR) is 93.0 cm³/mol. The Hall–Kier alpha value is -2.70. The van der Waals surface area contributed by atoms with Gasteiger partial charge in [0.1, 0.15) is 6.04 Å². The van der Waals surface area contributed by atoms with Gasteiger partial charge in [0, 0.05) is 18.2 Å². The molecule has 1 saturated carbocycles. The van der Waals surface area contributed by atoms with Gasteiger partial charge in [-0.05, 0) is 44.4 Å². The van der Waals surface area contributed by atoms with E-state index in [2.05, 4.69) is 0 Å². The van der Waals surface area contributed by atoms with Crippen LogP contribution in [0.2, 0.25) is 0 Å². The fourth-order valence-electron chi connectivity index (χ4n) is 3.22. The number of benzene rings is 1. The van der Waals surface area contributed by atoms with Crippen molar-refractivity contribution in [1.82, 2.24) is 9.80 Å². The number of hydrogen-bond acceptors (Lipinski definition) is 4. The third-order valence-electron chi connectivity index (χ3n) is 4.90. The number of hydrogen-bond donors (Lipinski definition) is 1. The number of carbonyl (C=O) groups is 4. The number of carboxylic acids is 1. The summed E-state index contributed by atoms with van der Waals surface area (Å²) in [5.74, 6) is -2.21. The van der Waals surface area contributed by atoms with E-state index in [4.69, 9.17) is 0 Å². The van der Waals surface area contributed by atoms with Gasteiger partial charge >= 0.3 is 5.97 Å². The van der Waals surface area contributed by atoms with Crippen LogP contribution in [0.3, 0.4) is 0 Å². The molecule has 1 atom stereocenters. The van der Waals surface area contributed by atoms with E-state index >= 15 is 0 Å². The molecular weight excluding hydrogens is 336 g/mol. The van der Waals surface area contributed by atoms with Crippen molar-refractivity contribution < 1.29 is 24.3 Å². The van der Waals surface area contributed by atoms with E-state index in [-0.39, 0.29) is 23.1 Å². The molecule has 3 amide bonds. The monoisotopic (exact) mass is 358 g/mol. The summed E-state index contributed by atoms with van der Waals surface area (Å²) < 4.78 is 0. The van der Waals surface area contributed by atoms with Crippen LogP contribution in [0.15, 0.2) is 18.2 Å². The molecule has 7 nitrogen and oxygen atoms in total. The number of unbranched alkanes of at least 4 members (excludes halogenated alkanes) is 1. The number of rotatable bonds is 7. The highest BCUT2D eigenvalue weighted by atomic mass is 16.4. The van der Waals surface area contributed by atoms with E-state index in [0.717, 1.165) is 25.7 Å². The molecule has 1 N–H and O–H groups in total. The van der Waals surface area contributed by atoms with Gasteiger partial charge in [-0.15, -0.1) is 0 Å². The summed E-state index contributed by atoms with van der Waals surface area (Å²) in [6, 6.07) is 3.39. The first kappa shape index (κ1) is 18.1. The second-order valence-electron chi connectivity index (χ2n) is 6.83. The van der Waals surface area contributed by atoms with Crippen LogP contribution in [0.25, 0.3) is 0 Å². The molecule has 1 heterocycles. The van der Waals surface area contributed by atoms with Crippen molar-refractivity contribution in [3.63, 3.8) is 0 Å². The lowest BCUT2D eigenvalue weighted by Gasteiger charge is -2.26. The third kappa shape index (κ3) is 3.09. The quantitative estimate of drug-likeness (QED) is 0.754. The summed E-state index contributed by atoms with van der Waals surface area (Å²) in [5.41, 5.74) is 0.754. The highest BCUT2D eigenvalue weighted by Crippen LogP contribution is 2.31. The minimum atomic E-state index is -1.07. The number of fused-ring (bicyclic) bond motifs is 1. The Kier molecular flexibility index (Phi) is 4.80. The Morgan fingerprint density at radius 3 is 2.46 bits per heavy atom. The molecule has 26 heavy (non-hydrogen) atoms. The van der Waals surface area contributed by atoms with Gasteiger partial charge in [0.05, 0.1) is 11.1 Å². The number of carboxylic acid groups (broad SMARTS) is 1. The lowest BCUT2D eigenvalue weighted by molar-refractivity contribution is -0.141. The van der Waals surface area contributed by atoms with Crippen LogP contribution < -0.4 is 0 Å². The molecule has 0 aromatic heterocycles. The first-order valence-electron chi connectivity index (χ1n) is 8.92. The minimum Gasteiger partial charge on any atom is -0.480 e. The number of amides is 3. The van der Waals surface area contributed by atoms with Crippen molar-refractivity contribution in [3.05, 3.63) is 34.9 Å². The number of nitrogens with zero attached hydrogens (tertiary/aromatic N) is 2. The van der Waals surface area contributed by atoms with Gasteiger partial charge in [0.2, 0.25) is 0 Å². The van der Waals surface area contributed by atoms with E-state index in [0.29, 0.717) is 12.1 Å². The van der Waals surface area contributed by atoms with E-state index in [1.165, 1.54) is 34.9 Å². The first-order valence-corrected chi connectivity index (χ1v) is 8.92. The van der Waals surface area contributed by atoms with E-state index in [1.807, 2.05) is 6.92 Å². The molecule has 0 saturated heterocycles. The van der Waals surface area contributed by atoms with Gasteiger partial charge < -0.3 is 10.0 Å². The molecule has 1 aromatic carbocycles. The highest BCUT2D eigenvalue weighted by molar-refractivity contribution is 6.22. The van der Waals surface area contributed by atoms with E-state index in [9.17, 15) is 24.3 Å². The molecule has 0 spiro atoms. The van der Waals surface area contributed by atoms with Crippen molar-refractivity contribution in [2.45, 2.75) is 51.6 Å². The molecule has 0 radical (unpaired) electrons. The fraction of sp³-hybridized carbons (Fsp3) is 0.474. The van der Waals surface area contributed by atoms with Gasteiger partial charge in [-0.1, -0.05) is 13.3 Å². The maximum Gasteiger partial charge on any atom is 0.326 e. The lowest BCUT2D eigenvalue weighted by Crippen LogP contribution is -2.44. The molecule has 1 aromatic rings. The largest absolute Gasteiger partial charge is 0.480 e. The Morgan fingerprint density at radius 2 is 1.88 bits per heavy atom. The van der Waals surface area contributed by atoms with Crippen molar-refractivity contribution in [1.29, 1.82) is 0 Å². The summed E-state index contributed by atoms with van der Waals surface area (Å²) in [4.78, 5) is 51.7. The first-order chi connectivity index (χ1) is 12.4. The summed E-state index contributed by atoms with van der Waals surface area (Å²) in [6.45, 7) is 3.81. The molecule has 3 rings (SSSR count). The fourth-order valence-corrected chi connectivity index (χ4v) is 3.22. The summed E-state index contributed by atoms with van der Waals surface area (Å²) in [5, 5.41) is 9.27. The number of imide groups is 1. The average Bonchev–Trinajstić information content (AvgIpc) is 3.42. The van der Waals surface area contributed by atoms with E-state index < -0.39 is 23.8 Å². The highest BCUT2D eigenvalue weighted by Gasteiger charge is 2.40. The molecule has 2 aliphatic rings. The Morgan fingerprint density at radius 1 is 1.23 bits per heavy atom. The molecule has 1 fully saturated rings. The van der Waals surface area contributed by atoms with Gasteiger partial charge in [0.25, 0.3) is 17.7 Å². The molecule has 7 heteroatoms. The Balaban J connectivity index is 1.89. The summed E-state index contributed by atoms with van der Waals surface area (Å²) in [6.07, 6.45) is 3.14. The molecule has 1 unspecified atom stereocenters. The van der Waals surface area contributed by atoms with Gasteiger partial charge in [-0.25, -0.2) is 4.79 Å². The summed E-state index contributed by atoms with van der Waals surface area (Å²) in [7, 11) is 0. The van der Waals surface area contributed by atoms with Crippen molar-refractivity contribution in [2.24, 2.45) is 0 Å². The van der Waals surface area contributed by atoms with Crippen molar-refractivity contribution >= 4 is 23.7 Å². The maximum absolute atomic E-state index is 12.9. The zero-order valence-electron chi connectivity index (χ0n) is 14.9. The van der Waals surface area contributed by atoms with Crippen LogP contribution in [0.4, 0.5) is 0 Å². The zero-order valence-corrected chi connectivity index (χ0v) is 14.9. The maximum atomic E-state index is 12.9.